The molecular weight excluding hydrogens is 385 g/mol. The number of para-hydroxylation sites is 1. The van der Waals surface area contributed by atoms with Crippen molar-refractivity contribution in [2.45, 2.75) is 44.9 Å². The highest BCUT2D eigenvalue weighted by Crippen LogP contribution is 2.41. The first kappa shape index (κ1) is 21.0. The van der Waals surface area contributed by atoms with Crippen molar-refractivity contribution in [3.05, 3.63) is 47.8 Å². The zero-order valence-electron chi connectivity index (χ0n) is 16.5. The number of alkyl halides is 3. The van der Waals surface area contributed by atoms with E-state index >= 15 is 0 Å². The summed E-state index contributed by atoms with van der Waals surface area (Å²) in [6, 6.07) is 7.90. The zero-order valence-corrected chi connectivity index (χ0v) is 16.5. The van der Waals surface area contributed by atoms with Crippen molar-refractivity contribution in [3.63, 3.8) is 0 Å². The highest BCUT2D eigenvalue weighted by Gasteiger charge is 2.33. The molecule has 1 aromatic carbocycles. The van der Waals surface area contributed by atoms with Crippen LogP contribution < -0.4 is 10.1 Å². The van der Waals surface area contributed by atoms with Crippen LogP contribution in [0.3, 0.4) is 0 Å². The maximum absolute atomic E-state index is 13.0. The molecule has 29 heavy (non-hydrogen) atoms. The number of rotatable bonds is 3. The van der Waals surface area contributed by atoms with Gasteiger partial charge in [0, 0.05) is 24.2 Å². The van der Waals surface area contributed by atoms with Gasteiger partial charge in [-0.15, -0.1) is 0 Å². The number of alkyl carbamates (subject to hydrolysis) is 1. The number of hydrogen-bond acceptors (Lipinski definition) is 4. The van der Waals surface area contributed by atoms with E-state index in [0.717, 1.165) is 17.8 Å². The van der Waals surface area contributed by atoms with Crippen molar-refractivity contribution in [2.24, 2.45) is 0 Å². The molecule has 0 unspecified atom stereocenters. The number of carbonyl (C=O) groups is 1. The number of nitrogens with one attached hydrogen (secondary N) is 1. The molecule has 1 aromatic heterocycles. The maximum atomic E-state index is 13.0. The Hall–Kier alpha value is -2.77. The first-order valence-electron chi connectivity index (χ1n) is 9.31. The highest BCUT2D eigenvalue weighted by atomic mass is 19.4. The summed E-state index contributed by atoms with van der Waals surface area (Å²) in [5.74, 6) is 0.504. The molecule has 0 saturated heterocycles. The first-order chi connectivity index (χ1) is 13.5. The first-order valence-corrected chi connectivity index (χ1v) is 9.31. The lowest BCUT2D eigenvalue weighted by Gasteiger charge is -2.28. The molecule has 2 heterocycles. The van der Waals surface area contributed by atoms with Crippen molar-refractivity contribution in [3.8, 4) is 16.9 Å². The van der Waals surface area contributed by atoms with Crippen LogP contribution in [0.25, 0.3) is 11.1 Å². The third-order valence-electron chi connectivity index (χ3n) is 4.45. The van der Waals surface area contributed by atoms with E-state index in [2.05, 4.69) is 10.3 Å². The molecule has 1 aliphatic rings. The van der Waals surface area contributed by atoms with Gasteiger partial charge >= 0.3 is 12.3 Å². The van der Waals surface area contributed by atoms with Crippen LogP contribution >= 0.6 is 0 Å². The number of fused-ring (bicyclic) bond motifs is 1. The highest BCUT2D eigenvalue weighted by molar-refractivity contribution is 5.73. The number of carbonyl (C=O) groups excluding carboxylic acids is 1. The van der Waals surface area contributed by atoms with E-state index in [0.29, 0.717) is 36.4 Å². The molecule has 1 amide bonds. The molecule has 3 rings (SSSR count). The number of halogens is 3. The summed E-state index contributed by atoms with van der Waals surface area (Å²) >= 11 is 0. The minimum absolute atomic E-state index is 0.0323. The van der Waals surface area contributed by atoms with Crippen LogP contribution in [0, 0.1) is 0 Å². The Bertz CT molecular complexity index is 891. The van der Waals surface area contributed by atoms with Crippen molar-refractivity contribution in [1.29, 1.82) is 0 Å². The fraction of sp³-hybridized carbons (Fsp3) is 0.429. The Morgan fingerprint density at radius 2 is 2.03 bits per heavy atom. The Morgan fingerprint density at radius 3 is 2.72 bits per heavy atom. The van der Waals surface area contributed by atoms with Gasteiger partial charge in [-0.25, -0.2) is 4.79 Å². The normalized spacial score (nSPS) is 16.6. The molecule has 0 saturated carbocycles. The van der Waals surface area contributed by atoms with Crippen molar-refractivity contribution >= 4 is 6.09 Å². The molecule has 0 spiro atoms. The molecule has 5 nitrogen and oxygen atoms in total. The topological polar surface area (TPSA) is 60.5 Å². The van der Waals surface area contributed by atoms with Gasteiger partial charge in [-0.05, 0) is 50.5 Å². The molecule has 1 N–H and O–H groups in total. The van der Waals surface area contributed by atoms with Crippen LogP contribution in [0.1, 0.15) is 44.4 Å². The molecule has 1 atom stereocenters. The third-order valence-corrected chi connectivity index (χ3v) is 4.45. The molecule has 0 fully saturated rings. The van der Waals surface area contributed by atoms with Gasteiger partial charge in [0.05, 0.1) is 6.61 Å². The number of hydrogen-bond donors (Lipinski definition) is 1. The Balaban J connectivity index is 1.85. The number of nitrogens with zero attached hydrogens (tertiary/aromatic N) is 1. The summed E-state index contributed by atoms with van der Waals surface area (Å²) in [5.41, 5.74) is 0.242. The van der Waals surface area contributed by atoms with Gasteiger partial charge in [0.1, 0.15) is 17.0 Å². The summed E-state index contributed by atoms with van der Waals surface area (Å²) < 4.78 is 50.2. The van der Waals surface area contributed by atoms with E-state index in [1.54, 1.807) is 32.9 Å². The molecule has 1 aliphatic heterocycles. The second kappa shape index (κ2) is 7.93. The Kier molecular flexibility index (Phi) is 5.73. The fourth-order valence-corrected chi connectivity index (χ4v) is 3.21. The maximum Gasteiger partial charge on any atom is 0.433 e. The number of ether oxygens (including phenoxy) is 2. The predicted octanol–water partition coefficient (Wildman–Crippen LogP) is 5.16. The van der Waals surface area contributed by atoms with Crippen LogP contribution in [0.2, 0.25) is 0 Å². The van der Waals surface area contributed by atoms with Crippen LogP contribution in [-0.4, -0.2) is 29.8 Å². The second-order valence-electron chi connectivity index (χ2n) is 7.87. The predicted molar refractivity (Wildman–Crippen MR) is 102 cm³/mol. The minimum atomic E-state index is -4.52. The molecular formula is C21H23F3N2O3. The monoisotopic (exact) mass is 408 g/mol. The quantitative estimate of drug-likeness (QED) is 0.762. The average Bonchev–Trinajstić information content (AvgIpc) is 2.64. The molecule has 2 aromatic rings. The summed E-state index contributed by atoms with van der Waals surface area (Å²) in [6.45, 7) is 6.10. The Morgan fingerprint density at radius 1 is 1.28 bits per heavy atom. The molecule has 156 valence electrons. The van der Waals surface area contributed by atoms with Crippen molar-refractivity contribution in [2.75, 3.05) is 13.2 Å². The average molecular weight is 408 g/mol. The summed E-state index contributed by atoms with van der Waals surface area (Å²) in [4.78, 5) is 15.4. The summed E-state index contributed by atoms with van der Waals surface area (Å²) in [7, 11) is 0. The van der Waals surface area contributed by atoms with Gasteiger partial charge < -0.3 is 14.8 Å². The smallest absolute Gasteiger partial charge is 0.433 e. The largest absolute Gasteiger partial charge is 0.493 e. The van der Waals surface area contributed by atoms with E-state index in [4.69, 9.17) is 9.47 Å². The molecule has 0 bridgehead atoms. The van der Waals surface area contributed by atoms with Crippen LogP contribution in [-0.2, 0) is 10.9 Å². The molecule has 8 heteroatoms. The van der Waals surface area contributed by atoms with Gasteiger partial charge in [0.25, 0.3) is 0 Å². The summed E-state index contributed by atoms with van der Waals surface area (Å²) in [6.07, 6.45) is -3.21. The van der Waals surface area contributed by atoms with E-state index < -0.39 is 23.6 Å². The lowest BCUT2D eigenvalue weighted by molar-refractivity contribution is -0.141. The van der Waals surface area contributed by atoms with Crippen LogP contribution in [0.15, 0.2) is 36.5 Å². The van der Waals surface area contributed by atoms with Gasteiger partial charge in [0.15, 0.2) is 0 Å². The number of amides is 1. The van der Waals surface area contributed by atoms with E-state index in [1.165, 1.54) is 6.07 Å². The fourth-order valence-electron chi connectivity index (χ4n) is 3.21. The molecule has 0 aliphatic carbocycles. The lowest BCUT2D eigenvalue weighted by Crippen LogP contribution is -2.35. The van der Waals surface area contributed by atoms with E-state index in [9.17, 15) is 18.0 Å². The second-order valence-corrected chi connectivity index (χ2v) is 7.87. The van der Waals surface area contributed by atoms with Gasteiger partial charge in [0.2, 0.25) is 0 Å². The number of benzene rings is 1. The van der Waals surface area contributed by atoms with Crippen molar-refractivity contribution in [1.82, 2.24) is 10.3 Å². The number of aromatic nitrogens is 1. The standard InChI is InChI=1S/C21H23F3N2O3/c1-20(2,3)29-19(27)26-12-14-8-10-28-18-15(5-4-6-16(14)18)13-7-9-25-17(11-13)21(22,23)24/h4-7,9,11,14H,8,10,12H2,1-3H3,(H,26,27)/t14-/m0/s1. The van der Waals surface area contributed by atoms with Crippen LogP contribution in [0.5, 0.6) is 5.75 Å². The molecule has 0 radical (unpaired) electrons. The van der Waals surface area contributed by atoms with Gasteiger partial charge in [-0.2, -0.15) is 13.2 Å². The SMILES string of the molecule is CC(C)(C)OC(=O)NC[C@@H]1CCOc2c(-c3ccnc(C(F)(F)F)c3)cccc21. The van der Waals surface area contributed by atoms with Crippen molar-refractivity contribution < 1.29 is 27.4 Å². The Labute approximate surface area is 167 Å². The van der Waals surface area contributed by atoms with Gasteiger partial charge in [-0.3, -0.25) is 4.98 Å². The third kappa shape index (κ3) is 5.19. The zero-order chi connectivity index (χ0) is 21.2. The van der Waals surface area contributed by atoms with Gasteiger partial charge in [-0.1, -0.05) is 18.2 Å². The van der Waals surface area contributed by atoms with E-state index in [1.807, 2.05) is 6.07 Å². The van der Waals surface area contributed by atoms with E-state index in [-0.39, 0.29) is 5.92 Å². The lowest BCUT2D eigenvalue weighted by atomic mass is 9.89. The van der Waals surface area contributed by atoms with Crippen LogP contribution in [0.4, 0.5) is 18.0 Å². The number of pyridine rings is 1. The minimum Gasteiger partial charge on any atom is -0.493 e. The summed E-state index contributed by atoms with van der Waals surface area (Å²) in [5, 5.41) is 2.76.